The summed E-state index contributed by atoms with van der Waals surface area (Å²) in [5, 5.41) is 11.2. The summed E-state index contributed by atoms with van der Waals surface area (Å²) in [6, 6.07) is 37.3. The zero-order chi connectivity index (χ0) is 44.5. The van der Waals surface area contributed by atoms with Crippen LogP contribution in [0.4, 0.5) is 5.82 Å². The summed E-state index contributed by atoms with van der Waals surface area (Å²) in [5.41, 5.74) is 3.28. The first-order chi connectivity index (χ1) is 31.9. The van der Waals surface area contributed by atoms with Crippen LogP contribution in [0.15, 0.2) is 134 Å². The molecule has 5 heterocycles. The van der Waals surface area contributed by atoms with Crippen LogP contribution in [0.2, 0.25) is 0 Å². The van der Waals surface area contributed by atoms with Gasteiger partial charge in [0, 0.05) is 32.1 Å². The maximum Gasteiger partial charge on any atom is 0.338 e. The van der Waals surface area contributed by atoms with E-state index in [0.29, 0.717) is 37.5 Å². The molecule has 16 nitrogen and oxygen atoms in total. The van der Waals surface area contributed by atoms with E-state index in [0.717, 1.165) is 37.1 Å². The molecule has 0 unspecified atom stereocenters. The van der Waals surface area contributed by atoms with Crippen LogP contribution in [-0.4, -0.2) is 102 Å². The van der Waals surface area contributed by atoms with Crippen molar-refractivity contribution in [3.8, 4) is 0 Å². The molecule has 0 radical (unpaired) electrons. The number of nitrogens with zero attached hydrogens (tertiary/aromatic N) is 8. The van der Waals surface area contributed by atoms with E-state index in [1.54, 1.807) is 76.2 Å². The van der Waals surface area contributed by atoms with Crippen molar-refractivity contribution in [3.05, 3.63) is 168 Å². The Morgan fingerprint density at radius 3 is 1.94 bits per heavy atom. The quantitative estimate of drug-likeness (QED) is 0.0991. The summed E-state index contributed by atoms with van der Waals surface area (Å²) in [4.78, 5) is 63.2. The zero-order valence-electron chi connectivity index (χ0n) is 36.0. The topological polar surface area (TPSA) is 181 Å². The summed E-state index contributed by atoms with van der Waals surface area (Å²) < 4.78 is 22.6. The second-order valence-electron chi connectivity index (χ2n) is 16.0. The highest BCUT2D eigenvalue weighted by atomic mass is 16.6. The van der Waals surface area contributed by atoms with Gasteiger partial charge in [-0.15, -0.1) is 0 Å². The molecule has 2 aliphatic heterocycles. The first-order valence-corrected chi connectivity index (χ1v) is 22.1. The molecule has 7 aromatic rings. The van der Waals surface area contributed by atoms with E-state index >= 15 is 0 Å². The number of hydrogen-bond acceptors (Lipinski definition) is 13. The van der Waals surface area contributed by atoms with Crippen LogP contribution in [0.5, 0.6) is 0 Å². The number of rotatable bonds is 16. The number of amides is 1. The fraction of sp³-hybridized carbons (Fsp3) is 0.306. The number of esters is 2. The van der Waals surface area contributed by atoms with Crippen molar-refractivity contribution in [2.75, 3.05) is 38.0 Å². The number of benzene rings is 4. The second kappa shape index (κ2) is 20.0. The molecule has 3 aromatic heterocycles. The highest BCUT2D eigenvalue weighted by molar-refractivity contribution is 5.94. The Kier molecular flexibility index (Phi) is 13.2. The average molecular weight is 875 g/mol. The Morgan fingerprint density at radius 1 is 0.738 bits per heavy atom. The smallest absolute Gasteiger partial charge is 0.338 e. The van der Waals surface area contributed by atoms with E-state index in [1.165, 1.54) is 12.7 Å². The predicted molar refractivity (Wildman–Crippen MR) is 241 cm³/mol. The second-order valence-corrected chi connectivity index (χ2v) is 16.0. The first kappa shape index (κ1) is 43.0. The molecule has 0 saturated carbocycles. The van der Waals surface area contributed by atoms with Gasteiger partial charge in [0.25, 0.3) is 5.91 Å². The number of aryl methyl sites for hydroxylation is 1. The van der Waals surface area contributed by atoms with Gasteiger partial charge >= 0.3 is 11.9 Å². The van der Waals surface area contributed by atoms with E-state index in [2.05, 4.69) is 49.9 Å². The summed E-state index contributed by atoms with van der Waals surface area (Å²) in [6.45, 7) is 5.91. The lowest BCUT2D eigenvalue weighted by Gasteiger charge is -2.26. The maximum absolute atomic E-state index is 14.1. The predicted octanol–water partition coefficient (Wildman–Crippen LogP) is 6.62. The molecule has 0 bridgehead atoms. The fourth-order valence-electron chi connectivity index (χ4n) is 8.36. The maximum atomic E-state index is 14.1. The molecule has 2 saturated heterocycles. The van der Waals surface area contributed by atoms with Gasteiger partial charge in [0.05, 0.1) is 17.5 Å². The Labute approximate surface area is 376 Å². The number of aromatic nitrogens is 7. The van der Waals surface area contributed by atoms with Gasteiger partial charge in [0.2, 0.25) is 5.82 Å². The molecule has 332 valence electrons. The van der Waals surface area contributed by atoms with Gasteiger partial charge in [0.15, 0.2) is 47.3 Å². The summed E-state index contributed by atoms with van der Waals surface area (Å²) in [7, 11) is 0. The van der Waals surface area contributed by atoms with E-state index in [9.17, 15) is 14.4 Å². The Hall–Kier alpha value is -7.30. The summed E-state index contributed by atoms with van der Waals surface area (Å²) in [6.07, 6.45) is 1.67. The summed E-state index contributed by atoms with van der Waals surface area (Å²) >= 11 is 0. The number of hydrogen-bond donors (Lipinski definition) is 2. The molecule has 2 N–H and O–H groups in total. The van der Waals surface area contributed by atoms with Crippen LogP contribution in [0, 0.1) is 0 Å². The van der Waals surface area contributed by atoms with Crippen molar-refractivity contribution in [2.45, 2.75) is 63.2 Å². The minimum Gasteiger partial charge on any atom is -0.451 e. The molecular weight excluding hydrogens is 825 g/mol. The number of imidazole rings is 1. The van der Waals surface area contributed by atoms with Gasteiger partial charge in [0.1, 0.15) is 6.33 Å². The van der Waals surface area contributed by atoms with Gasteiger partial charge in [-0.3, -0.25) is 14.0 Å². The van der Waals surface area contributed by atoms with E-state index in [4.69, 9.17) is 29.2 Å². The number of carbonyl (C=O) groups excluding carboxylic acids is 3. The van der Waals surface area contributed by atoms with Crippen LogP contribution < -0.4 is 10.6 Å². The van der Waals surface area contributed by atoms with Gasteiger partial charge in [-0.2, -0.15) is 5.10 Å². The zero-order valence-corrected chi connectivity index (χ0v) is 36.0. The monoisotopic (exact) mass is 874 g/mol. The van der Waals surface area contributed by atoms with Crippen LogP contribution in [0.1, 0.15) is 92.7 Å². The van der Waals surface area contributed by atoms with Gasteiger partial charge in [-0.25, -0.2) is 29.5 Å². The van der Waals surface area contributed by atoms with Crippen molar-refractivity contribution < 1.29 is 28.6 Å². The van der Waals surface area contributed by atoms with Crippen molar-refractivity contribution in [1.82, 2.24) is 44.5 Å². The van der Waals surface area contributed by atoms with Gasteiger partial charge < -0.3 is 29.7 Å². The number of ether oxygens (including phenoxy) is 3. The average Bonchev–Trinajstić information content (AvgIpc) is 4.11. The Morgan fingerprint density at radius 2 is 1.34 bits per heavy atom. The number of carbonyl (C=O) groups is 3. The lowest BCUT2D eigenvalue weighted by molar-refractivity contribution is -0.0498. The molecule has 9 rings (SSSR count). The largest absolute Gasteiger partial charge is 0.451 e. The van der Waals surface area contributed by atoms with Gasteiger partial charge in [-0.05, 0) is 68.2 Å². The molecule has 0 spiro atoms. The van der Waals surface area contributed by atoms with Crippen molar-refractivity contribution in [3.63, 3.8) is 0 Å². The molecule has 16 heteroatoms. The summed E-state index contributed by atoms with van der Waals surface area (Å²) in [5.74, 6) is -1.48. The Balaban J connectivity index is 1.12. The molecule has 2 aliphatic rings. The third-order valence-electron chi connectivity index (χ3n) is 11.8. The van der Waals surface area contributed by atoms with Crippen LogP contribution in [0.25, 0.3) is 11.2 Å². The highest BCUT2D eigenvalue weighted by Gasteiger charge is 2.53. The molecule has 1 amide bonds. The minimum absolute atomic E-state index is 0.0949. The molecule has 4 aromatic carbocycles. The van der Waals surface area contributed by atoms with Crippen LogP contribution in [-0.2, 0) is 20.8 Å². The first-order valence-electron chi connectivity index (χ1n) is 22.1. The third kappa shape index (κ3) is 9.78. The molecule has 0 aliphatic carbocycles. The lowest BCUT2D eigenvalue weighted by Crippen LogP contribution is -2.38. The standard InChI is InChI=1S/C49H50N10O6/c1-2-58-31-53-43(56-58)40-39(64-48(61)35-22-12-5-13-23-35)41(65-49(62)36-24-14-6-15-25-36)47(63-40)59-32-52-38-42(51-30-37(33-18-8-3-9-19-33)34-20-10-4-11-21-34)54-44(55-45(38)59)46(60)50-26-29-57-27-16-7-17-28-57/h3-6,8-15,18-25,31-32,37,39-41,47H,2,7,16-17,26-30H2,1H3,(H,50,60)(H,51,54,55)/t39-,40+,41-,47-/m1/s1. The lowest BCUT2D eigenvalue weighted by atomic mass is 9.91. The van der Waals surface area contributed by atoms with Crippen molar-refractivity contribution >= 4 is 34.8 Å². The Bertz CT molecular complexity index is 2650. The number of likely N-dealkylation sites (tertiary alicyclic amines) is 1. The number of anilines is 1. The van der Waals surface area contributed by atoms with E-state index in [-0.39, 0.29) is 34.3 Å². The molecule has 2 fully saturated rings. The minimum atomic E-state index is -1.29. The normalized spacial score (nSPS) is 18.7. The third-order valence-corrected chi connectivity index (χ3v) is 11.8. The van der Waals surface area contributed by atoms with Crippen molar-refractivity contribution in [2.24, 2.45) is 0 Å². The number of piperidine rings is 1. The number of nitrogens with one attached hydrogen (secondary N) is 2. The molecule has 4 atom stereocenters. The van der Waals surface area contributed by atoms with Crippen LogP contribution >= 0.6 is 0 Å². The molecule has 65 heavy (non-hydrogen) atoms. The van der Waals surface area contributed by atoms with E-state index < -0.39 is 42.4 Å². The number of fused-ring (bicyclic) bond motifs is 1. The van der Waals surface area contributed by atoms with Gasteiger partial charge in [-0.1, -0.05) is 103 Å². The van der Waals surface area contributed by atoms with E-state index in [1.807, 2.05) is 43.3 Å². The SMILES string of the molecule is CCn1cnc([C@H]2O[C@@H](n3cnc4c(NCC(c5ccccc5)c5ccccc5)nc(C(=O)NCCN5CCCCC5)nc43)[C@H](OC(=O)c3ccccc3)[C@@H]2OC(=O)c2ccccc2)n1. The van der Waals surface area contributed by atoms with Crippen molar-refractivity contribution in [1.29, 1.82) is 0 Å². The van der Waals surface area contributed by atoms with Crippen LogP contribution in [0.3, 0.4) is 0 Å². The fourth-order valence-corrected chi connectivity index (χ4v) is 8.36. The highest BCUT2D eigenvalue weighted by Crippen LogP contribution is 2.43. The molecular formula is C49H50N10O6.